The molecule has 0 fully saturated rings. The first-order chi connectivity index (χ1) is 15.8. The molecule has 0 aliphatic carbocycles. The zero-order valence-electron chi connectivity index (χ0n) is 18.2. The van der Waals surface area contributed by atoms with Crippen molar-refractivity contribution >= 4 is 17.0 Å². The topological polar surface area (TPSA) is 52.1 Å². The van der Waals surface area contributed by atoms with Gasteiger partial charge >= 0.3 is 0 Å². The number of nitrogens with zero attached hydrogens (tertiary/aromatic N) is 1. The van der Waals surface area contributed by atoms with E-state index in [-0.39, 0.29) is 0 Å². The summed E-state index contributed by atoms with van der Waals surface area (Å²) in [5.74, 6) is 2.19. The summed E-state index contributed by atoms with van der Waals surface area (Å²) in [6.07, 6.45) is 1.78. The molecule has 0 saturated carbocycles. The van der Waals surface area contributed by atoms with E-state index in [0.717, 1.165) is 22.4 Å². The maximum Gasteiger partial charge on any atom is 0.161 e. The second-order valence-corrected chi connectivity index (χ2v) is 7.25. The molecule has 5 heteroatoms. The zero-order chi connectivity index (χ0) is 22.2. The van der Waals surface area contributed by atoms with Crippen LogP contribution in [0.3, 0.4) is 0 Å². The standard InChI is InChI=1S/C27H26N2O3/c1-30-26-15-14-20(16-27(26)31-2)17-28-29-18-22-9-4-6-13-25(22)32-19-23-11-7-10-21-8-3-5-12-24(21)23/h3-16,18,28H,17,19H2,1-2H3/b29-18-. The Bertz CT molecular complexity index is 1220. The molecular weight excluding hydrogens is 400 g/mol. The molecule has 0 aromatic heterocycles. The van der Waals surface area contributed by atoms with Crippen LogP contribution in [0.5, 0.6) is 17.2 Å². The van der Waals surface area contributed by atoms with E-state index in [4.69, 9.17) is 14.2 Å². The van der Waals surface area contributed by atoms with Crippen molar-refractivity contribution in [2.75, 3.05) is 14.2 Å². The summed E-state index contributed by atoms with van der Waals surface area (Å²) in [6.45, 7) is 1.06. The van der Waals surface area contributed by atoms with Crippen molar-refractivity contribution in [3.63, 3.8) is 0 Å². The van der Waals surface area contributed by atoms with E-state index in [1.54, 1.807) is 20.4 Å². The third kappa shape index (κ3) is 5.01. The molecule has 4 rings (SSSR count). The van der Waals surface area contributed by atoms with Gasteiger partial charge in [0.1, 0.15) is 12.4 Å². The number of para-hydroxylation sites is 1. The average molecular weight is 427 g/mol. The van der Waals surface area contributed by atoms with Gasteiger partial charge in [0.15, 0.2) is 11.5 Å². The van der Waals surface area contributed by atoms with E-state index >= 15 is 0 Å². The fourth-order valence-corrected chi connectivity index (χ4v) is 3.54. The largest absolute Gasteiger partial charge is 0.493 e. The number of benzene rings is 4. The van der Waals surface area contributed by atoms with Crippen LogP contribution in [0, 0.1) is 0 Å². The minimum absolute atomic E-state index is 0.491. The van der Waals surface area contributed by atoms with Crippen LogP contribution in [0.4, 0.5) is 0 Å². The van der Waals surface area contributed by atoms with Crippen molar-refractivity contribution in [1.29, 1.82) is 0 Å². The lowest BCUT2D eigenvalue weighted by Gasteiger charge is -2.11. The first-order valence-corrected chi connectivity index (χ1v) is 10.4. The third-order valence-corrected chi connectivity index (χ3v) is 5.21. The van der Waals surface area contributed by atoms with Crippen molar-refractivity contribution in [1.82, 2.24) is 5.43 Å². The lowest BCUT2D eigenvalue weighted by atomic mass is 10.1. The third-order valence-electron chi connectivity index (χ3n) is 5.21. The summed E-state index contributed by atoms with van der Waals surface area (Å²) in [7, 11) is 3.25. The second kappa shape index (κ2) is 10.4. The number of fused-ring (bicyclic) bond motifs is 1. The zero-order valence-corrected chi connectivity index (χ0v) is 18.2. The van der Waals surface area contributed by atoms with Gasteiger partial charge in [-0.15, -0.1) is 0 Å². The fraction of sp³-hybridized carbons (Fsp3) is 0.148. The molecule has 0 aliphatic rings. The van der Waals surface area contributed by atoms with Crippen molar-refractivity contribution in [2.45, 2.75) is 13.2 Å². The minimum Gasteiger partial charge on any atom is -0.493 e. The Labute approximate surface area is 188 Å². The molecule has 0 bridgehead atoms. The highest BCUT2D eigenvalue weighted by Crippen LogP contribution is 2.27. The predicted molar refractivity (Wildman–Crippen MR) is 129 cm³/mol. The molecule has 0 heterocycles. The molecule has 0 unspecified atom stereocenters. The first kappa shape index (κ1) is 21.2. The summed E-state index contributed by atoms with van der Waals surface area (Å²) in [5, 5.41) is 6.79. The molecule has 0 radical (unpaired) electrons. The number of nitrogens with one attached hydrogen (secondary N) is 1. The highest BCUT2D eigenvalue weighted by atomic mass is 16.5. The molecule has 32 heavy (non-hydrogen) atoms. The molecule has 0 amide bonds. The number of ether oxygens (including phenoxy) is 3. The average Bonchev–Trinajstić information content (AvgIpc) is 2.85. The second-order valence-electron chi connectivity index (χ2n) is 7.25. The van der Waals surface area contributed by atoms with Crippen LogP contribution in [0.2, 0.25) is 0 Å². The summed E-state index contributed by atoms with van der Waals surface area (Å²) < 4.78 is 16.8. The summed E-state index contributed by atoms with van der Waals surface area (Å²) in [4.78, 5) is 0. The molecule has 4 aromatic rings. The summed E-state index contributed by atoms with van der Waals surface area (Å²) in [6, 6.07) is 28.3. The van der Waals surface area contributed by atoms with Crippen molar-refractivity contribution in [3.05, 3.63) is 102 Å². The van der Waals surface area contributed by atoms with E-state index in [9.17, 15) is 0 Å². The minimum atomic E-state index is 0.491. The molecule has 1 N–H and O–H groups in total. The van der Waals surface area contributed by atoms with Gasteiger partial charge in [0, 0.05) is 5.56 Å². The maximum atomic E-state index is 6.15. The maximum absolute atomic E-state index is 6.15. The normalized spacial score (nSPS) is 10.9. The van der Waals surface area contributed by atoms with E-state index in [1.165, 1.54) is 10.8 Å². The number of rotatable bonds is 9. The summed E-state index contributed by atoms with van der Waals surface area (Å²) in [5.41, 5.74) is 6.19. The Morgan fingerprint density at radius 2 is 1.56 bits per heavy atom. The lowest BCUT2D eigenvalue weighted by Crippen LogP contribution is -2.06. The van der Waals surface area contributed by atoms with Gasteiger partial charge in [0.05, 0.1) is 27.0 Å². The molecule has 0 spiro atoms. The first-order valence-electron chi connectivity index (χ1n) is 10.4. The van der Waals surface area contributed by atoms with Gasteiger partial charge in [-0.1, -0.05) is 60.7 Å². The molecule has 5 nitrogen and oxygen atoms in total. The smallest absolute Gasteiger partial charge is 0.161 e. The van der Waals surface area contributed by atoms with Gasteiger partial charge in [-0.2, -0.15) is 5.10 Å². The molecular formula is C27H26N2O3. The monoisotopic (exact) mass is 426 g/mol. The Kier molecular flexibility index (Phi) is 6.88. The Hall–Kier alpha value is -3.99. The van der Waals surface area contributed by atoms with Crippen LogP contribution in [-0.4, -0.2) is 20.4 Å². The van der Waals surface area contributed by atoms with Crippen LogP contribution >= 0.6 is 0 Å². The van der Waals surface area contributed by atoms with Crippen LogP contribution in [0.1, 0.15) is 16.7 Å². The van der Waals surface area contributed by atoms with Gasteiger partial charge in [-0.25, -0.2) is 0 Å². The van der Waals surface area contributed by atoms with E-state index < -0.39 is 0 Å². The van der Waals surface area contributed by atoms with Gasteiger partial charge < -0.3 is 19.6 Å². The fourth-order valence-electron chi connectivity index (χ4n) is 3.54. The van der Waals surface area contributed by atoms with Crippen LogP contribution < -0.4 is 19.6 Å². The van der Waals surface area contributed by atoms with Gasteiger partial charge in [0.25, 0.3) is 0 Å². The molecule has 162 valence electrons. The molecule has 0 aliphatic heterocycles. The van der Waals surface area contributed by atoms with Crippen LogP contribution in [0.15, 0.2) is 90.0 Å². The lowest BCUT2D eigenvalue weighted by molar-refractivity contribution is 0.307. The SMILES string of the molecule is COc1ccc(CN/N=C\c2ccccc2OCc2cccc3ccccc23)cc1OC. The molecule has 0 saturated heterocycles. The quantitative estimate of drug-likeness (QED) is 0.281. The van der Waals surface area contributed by atoms with Crippen LogP contribution in [-0.2, 0) is 13.2 Å². The number of hydrazone groups is 1. The predicted octanol–water partition coefficient (Wildman–Crippen LogP) is 5.56. The number of hydrogen-bond acceptors (Lipinski definition) is 5. The van der Waals surface area contributed by atoms with Crippen molar-refractivity contribution < 1.29 is 14.2 Å². The number of hydrogen-bond donors (Lipinski definition) is 1. The highest BCUT2D eigenvalue weighted by molar-refractivity contribution is 5.86. The number of methoxy groups -OCH3 is 2. The van der Waals surface area contributed by atoms with Gasteiger partial charge in [-0.3, -0.25) is 0 Å². The molecule has 4 aromatic carbocycles. The van der Waals surface area contributed by atoms with Crippen LogP contribution in [0.25, 0.3) is 10.8 Å². The highest BCUT2D eigenvalue weighted by Gasteiger charge is 2.06. The Morgan fingerprint density at radius 1 is 0.781 bits per heavy atom. The Balaban J connectivity index is 1.40. The van der Waals surface area contributed by atoms with Gasteiger partial charge in [-0.05, 0) is 46.2 Å². The van der Waals surface area contributed by atoms with E-state index in [1.807, 2.05) is 48.5 Å². The van der Waals surface area contributed by atoms with Crippen molar-refractivity contribution in [2.24, 2.45) is 5.10 Å². The molecule has 0 atom stereocenters. The Morgan fingerprint density at radius 3 is 2.44 bits per heavy atom. The van der Waals surface area contributed by atoms with Crippen molar-refractivity contribution in [3.8, 4) is 17.2 Å². The summed E-state index contributed by atoms with van der Waals surface area (Å²) >= 11 is 0. The van der Waals surface area contributed by atoms with E-state index in [2.05, 4.69) is 46.9 Å². The van der Waals surface area contributed by atoms with Gasteiger partial charge in [0.2, 0.25) is 0 Å². The van der Waals surface area contributed by atoms with E-state index in [0.29, 0.717) is 24.7 Å².